The van der Waals surface area contributed by atoms with E-state index in [1.165, 1.54) is 0 Å². The van der Waals surface area contributed by atoms with Crippen molar-refractivity contribution in [3.63, 3.8) is 0 Å². The highest BCUT2D eigenvalue weighted by Crippen LogP contribution is 2.21. The number of carbonyl (C=O) groups is 1. The number of H-pyrrole nitrogens is 2. The highest BCUT2D eigenvalue weighted by Gasteiger charge is 2.28. The smallest absolute Gasteiger partial charge is 0.361 e. The number of alkyl halides is 3. The summed E-state index contributed by atoms with van der Waals surface area (Å²) in [5, 5.41) is 11.2. The summed E-state index contributed by atoms with van der Waals surface area (Å²) < 4.78 is 40.3. The number of likely N-dealkylation sites (N-methyl/N-ethyl adjacent to an activating group) is 2. The summed E-state index contributed by atoms with van der Waals surface area (Å²) in [4.78, 5) is 24.3. The van der Waals surface area contributed by atoms with Gasteiger partial charge < -0.3 is 20.1 Å². The number of benzene rings is 1. The summed E-state index contributed by atoms with van der Waals surface area (Å²) in [7, 11) is 1.72. The van der Waals surface area contributed by atoms with E-state index in [-0.39, 0.29) is 24.3 Å². The minimum absolute atomic E-state index is 0.0601. The van der Waals surface area contributed by atoms with E-state index in [0.717, 1.165) is 35.7 Å². The molecule has 1 aromatic carbocycles. The van der Waals surface area contributed by atoms with Crippen molar-refractivity contribution in [2.45, 2.75) is 51.9 Å². The quantitative estimate of drug-likeness (QED) is 0.277. The number of fused-ring (bicyclic) bond motifs is 1. The minimum Gasteiger partial charge on any atom is -0.361 e. The van der Waals surface area contributed by atoms with E-state index in [4.69, 9.17) is 0 Å². The molecule has 12 heteroatoms. The Balaban J connectivity index is 1.57. The first-order valence-corrected chi connectivity index (χ1v) is 12.6. The van der Waals surface area contributed by atoms with Gasteiger partial charge in [0.05, 0.1) is 6.61 Å². The normalized spacial score (nSPS) is 12.8. The second kappa shape index (κ2) is 13.4. The van der Waals surface area contributed by atoms with Crippen LogP contribution in [0, 0.1) is 0 Å². The standard InChI is InChI=1S/C25H36F3N7O2/c1-4-6-9-19(16-18-17-29-21-11-8-7-10-20(18)21)30-23(36)22-31-24(33-32-22)35(5-2)13-12-34(3)14-15-37-25(26,27)28/h7-8,10-11,17,19,29H,4-6,9,12-16H2,1-3H3,(H,30,36)(H,31,32,33). The second-order valence-electron chi connectivity index (χ2n) is 9.04. The number of nitrogens with zero attached hydrogens (tertiary/aromatic N) is 4. The average Bonchev–Trinajstić information content (AvgIpc) is 3.50. The fourth-order valence-corrected chi connectivity index (χ4v) is 4.11. The molecule has 1 atom stereocenters. The van der Waals surface area contributed by atoms with Gasteiger partial charge in [-0.25, -0.2) is 0 Å². The number of amides is 1. The van der Waals surface area contributed by atoms with Gasteiger partial charge in [0.2, 0.25) is 11.8 Å². The van der Waals surface area contributed by atoms with E-state index < -0.39 is 13.0 Å². The highest BCUT2D eigenvalue weighted by molar-refractivity contribution is 5.91. The van der Waals surface area contributed by atoms with Crippen LogP contribution in [0.25, 0.3) is 10.9 Å². The Kier molecular flexibility index (Phi) is 10.3. The molecule has 204 valence electrons. The molecule has 0 saturated carbocycles. The molecule has 0 aliphatic carbocycles. The summed E-state index contributed by atoms with van der Waals surface area (Å²) in [5.74, 6) is 0.173. The van der Waals surface area contributed by atoms with Gasteiger partial charge in [0.15, 0.2) is 0 Å². The number of nitrogens with one attached hydrogen (secondary N) is 3. The lowest BCUT2D eigenvalue weighted by molar-refractivity contribution is -0.324. The molecule has 2 heterocycles. The van der Waals surface area contributed by atoms with Gasteiger partial charge in [-0.1, -0.05) is 38.0 Å². The third-order valence-electron chi connectivity index (χ3n) is 6.23. The zero-order chi connectivity index (χ0) is 26.8. The number of unbranched alkanes of at least 4 members (excludes halogenated alkanes) is 1. The molecule has 0 aliphatic heterocycles. The van der Waals surface area contributed by atoms with Gasteiger partial charge in [-0.15, -0.1) is 18.3 Å². The van der Waals surface area contributed by atoms with Crippen LogP contribution in [-0.2, 0) is 11.2 Å². The van der Waals surface area contributed by atoms with Crippen LogP contribution in [0.4, 0.5) is 19.1 Å². The first-order valence-electron chi connectivity index (χ1n) is 12.6. The molecule has 3 aromatic rings. The first-order chi connectivity index (χ1) is 17.7. The molecule has 0 aliphatic rings. The van der Waals surface area contributed by atoms with Crippen LogP contribution >= 0.6 is 0 Å². The number of aromatic amines is 2. The predicted octanol–water partition coefficient (Wildman–Crippen LogP) is 4.11. The Morgan fingerprint density at radius 3 is 2.70 bits per heavy atom. The van der Waals surface area contributed by atoms with Gasteiger partial charge in [0.25, 0.3) is 5.91 Å². The average molecular weight is 524 g/mol. The van der Waals surface area contributed by atoms with Crippen molar-refractivity contribution in [3.05, 3.63) is 41.9 Å². The van der Waals surface area contributed by atoms with Crippen LogP contribution in [0.3, 0.4) is 0 Å². The molecule has 1 unspecified atom stereocenters. The van der Waals surface area contributed by atoms with Gasteiger partial charge in [0.1, 0.15) is 0 Å². The van der Waals surface area contributed by atoms with Gasteiger partial charge in [-0.2, -0.15) is 4.98 Å². The highest BCUT2D eigenvalue weighted by atomic mass is 19.4. The number of ether oxygens (including phenoxy) is 1. The van der Waals surface area contributed by atoms with Crippen molar-refractivity contribution in [1.82, 2.24) is 30.4 Å². The fraction of sp³-hybridized carbons (Fsp3) is 0.560. The molecule has 3 N–H and O–H groups in total. The van der Waals surface area contributed by atoms with Crippen LogP contribution in [0.15, 0.2) is 30.5 Å². The van der Waals surface area contributed by atoms with E-state index in [1.54, 1.807) is 11.9 Å². The number of hydrogen-bond acceptors (Lipinski definition) is 6. The molecule has 3 rings (SSSR count). The molecule has 1 amide bonds. The van der Waals surface area contributed by atoms with Crippen LogP contribution in [0.2, 0.25) is 0 Å². The maximum absolute atomic E-state index is 13.0. The summed E-state index contributed by atoms with van der Waals surface area (Å²) in [5.41, 5.74) is 2.22. The number of hydrogen-bond donors (Lipinski definition) is 3. The van der Waals surface area contributed by atoms with Crippen LogP contribution in [-0.4, -0.2) is 83.2 Å². The van der Waals surface area contributed by atoms with Gasteiger partial charge in [-0.3, -0.25) is 14.6 Å². The monoisotopic (exact) mass is 523 g/mol. The number of aromatic nitrogens is 4. The maximum atomic E-state index is 13.0. The number of para-hydroxylation sites is 1. The van der Waals surface area contributed by atoms with Crippen LogP contribution < -0.4 is 10.2 Å². The van der Waals surface area contributed by atoms with Crippen molar-refractivity contribution in [2.24, 2.45) is 0 Å². The molecule has 0 radical (unpaired) electrons. The Hall–Kier alpha value is -3.12. The predicted molar refractivity (Wildman–Crippen MR) is 137 cm³/mol. The van der Waals surface area contributed by atoms with Crippen molar-refractivity contribution in [3.8, 4) is 0 Å². The topological polar surface area (TPSA) is 102 Å². The molecule has 9 nitrogen and oxygen atoms in total. The molecular formula is C25H36F3N7O2. The Morgan fingerprint density at radius 2 is 1.97 bits per heavy atom. The third kappa shape index (κ3) is 8.74. The van der Waals surface area contributed by atoms with Crippen molar-refractivity contribution < 1.29 is 22.7 Å². The number of rotatable bonds is 15. The van der Waals surface area contributed by atoms with Crippen molar-refractivity contribution in [2.75, 3.05) is 44.7 Å². The van der Waals surface area contributed by atoms with Crippen molar-refractivity contribution >= 4 is 22.8 Å². The van der Waals surface area contributed by atoms with E-state index in [9.17, 15) is 18.0 Å². The number of carbonyl (C=O) groups excluding carboxylic acids is 1. The molecule has 0 bridgehead atoms. The zero-order valence-electron chi connectivity index (χ0n) is 21.6. The third-order valence-corrected chi connectivity index (χ3v) is 6.23. The molecule has 37 heavy (non-hydrogen) atoms. The van der Waals surface area contributed by atoms with Crippen molar-refractivity contribution in [1.29, 1.82) is 0 Å². The van der Waals surface area contributed by atoms with Gasteiger partial charge in [0, 0.05) is 49.3 Å². The molecule has 0 spiro atoms. The lowest BCUT2D eigenvalue weighted by Crippen LogP contribution is -2.37. The first kappa shape index (κ1) is 28.5. The fourth-order valence-electron chi connectivity index (χ4n) is 4.11. The molecule has 0 saturated heterocycles. The molecule has 2 aromatic heterocycles. The summed E-state index contributed by atoms with van der Waals surface area (Å²) in [6, 6.07) is 8.03. The van der Waals surface area contributed by atoms with E-state index >= 15 is 0 Å². The Morgan fingerprint density at radius 1 is 1.19 bits per heavy atom. The Bertz CT molecular complexity index is 1120. The van der Waals surface area contributed by atoms with Gasteiger partial charge >= 0.3 is 6.36 Å². The molecular weight excluding hydrogens is 487 g/mol. The summed E-state index contributed by atoms with van der Waals surface area (Å²) in [6.45, 7) is 5.28. The maximum Gasteiger partial charge on any atom is 0.522 e. The lowest BCUT2D eigenvalue weighted by atomic mass is 10.0. The Labute approximate surface area is 214 Å². The van der Waals surface area contributed by atoms with E-state index in [2.05, 4.69) is 43.2 Å². The largest absolute Gasteiger partial charge is 0.522 e. The number of halogens is 3. The second-order valence-corrected chi connectivity index (χ2v) is 9.04. The summed E-state index contributed by atoms with van der Waals surface area (Å²) >= 11 is 0. The van der Waals surface area contributed by atoms with Crippen LogP contribution in [0.5, 0.6) is 0 Å². The summed E-state index contributed by atoms with van der Waals surface area (Å²) in [6.07, 6.45) is 0.913. The SMILES string of the molecule is CCCCC(Cc1c[nH]c2ccccc12)NC(=O)c1nc(N(CC)CCN(C)CCOC(F)(F)F)n[nH]1. The van der Waals surface area contributed by atoms with E-state index in [0.29, 0.717) is 32.0 Å². The number of anilines is 1. The molecule has 0 fully saturated rings. The minimum atomic E-state index is -4.63. The van der Waals surface area contributed by atoms with Gasteiger partial charge in [-0.05, 0) is 38.4 Å². The zero-order valence-corrected chi connectivity index (χ0v) is 21.6. The van der Waals surface area contributed by atoms with E-state index in [1.807, 2.05) is 36.2 Å². The van der Waals surface area contributed by atoms with Crippen LogP contribution in [0.1, 0.15) is 49.3 Å². The lowest BCUT2D eigenvalue weighted by Gasteiger charge is -2.23.